The van der Waals surface area contributed by atoms with Gasteiger partial charge < -0.3 is 4.90 Å². The van der Waals surface area contributed by atoms with Crippen LogP contribution in [0.4, 0.5) is 0 Å². The van der Waals surface area contributed by atoms with Gasteiger partial charge in [-0.05, 0) is 56.8 Å². The molecule has 1 heterocycles. The first kappa shape index (κ1) is 12.9. The van der Waals surface area contributed by atoms with Crippen molar-refractivity contribution in [3.8, 4) is 0 Å². The average molecular weight is 252 g/mol. The molecule has 94 valence electrons. The minimum atomic E-state index is 0. The van der Waals surface area contributed by atoms with E-state index in [-0.39, 0.29) is 12.4 Å². The molecule has 2 aliphatic rings. The van der Waals surface area contributed by atoms with Gasteiger partial charge in [-0.1, -0.05) is 30.7 Å². The van der Waals surface area contributed by atoms with Crippen LogP contribution in [0.3, 0.4) is 0 Å². The molecule has 1 fully saturated rings. The minimum Gasteiger partial charge on any atom is -0.300 e. The lowest BCUT2D eigenvalue weighted by atomic mass is 9.72. The van der Waals surface area contributed by atoms with E-state index in [0.717, 1.165) is 0 Å². The molecule has 1 aliphatic heterocycles. The number of rotatable bonds is 0. The van der Waals surface area contributed by atoms with Gasteiger partial charge in [0, 0.05) is 5.54 Å². The van der Waals surface area contributed by atoms with Crippen molar-refractivity contribution in [2.24, 2.45) is 0 Å². The molecule has 0 amide bonds. The fourth-order valence-corrected chi connectivity index (χ4v) is 3.55. The molecule has 1 atom stereocenters. The second-order valence-electron chi connectivity index (χ2n) is 5.55. The Bertz CT molecular complexity index is 390. The second-order valence-corrected chi connectivity index (χ2v) is 5.55. The number of halogens is 1. The van der Waals surface area contributed by atoms with Gasteiger partial charge in [0.1, 0.15) is 0 Å². The maximum absolute atomic E-state index is 2.63. The Morgan fingerprint density at radius 3 is 2.59 bits per heavy atom. The van der Waals surface area contributed by atoms with Crippen LogP contribution in [0.2, 0.25) is 0 Å². The van der Waals surface area contributed by atoms with Crippen LogP contribution in [0.1, 0.15) is 36.8 Å². The van der Waals surface area contributed by atoms with E-state index in [0.29, 0.717) is 5.54 Å². The van der Waals surface area contributed by atoms with E-state index in [2.05, 4.69) is 36.2 Å². The maximum Gasteiger partial charge on any atom is 0.0250 e. The summed E-state index contributed by atoms with van der Waals surface area (Å²) in [4.78, 5) is 2.63. The lowest BCUT2D eigenvalue weighted by molar-refractivity contribution is 0.0593. The van der Waals surface area contributed by atoms with Crippen molar-refractivity contribution in [3.05, 3.63) is 35.4 Å². The van der Waals surface area contributed by atoms with E-state index in [4.69, 9.17) is 0 Å². The van der Waals surface area contributed by atoms with E-state index in [9.17, 15) is 0 Å². The largest absolute Gasteiger partial charge is 0.300 e. The lowest BCUT2D eigenvalue weighted by Crippen LogP contribution is -2.53. The molecule has 2 heteroatoms. The summed E-state index contributed by atoms with van der Waals surface area (Å²) in [5.41, 5.74) is 3.68. The summed E-state index contributed by atoms with van der Waals surface area (Å²) in [6.07, 6.45) is 8.13. The van der Waals surface area contributed by atoms with Gasteiger partial charge in [-0.15, -0.1) is 12.4 Å². The molecule has 1 aromatic carbocycles. The van der Waals surface area contributed by atoms with Crippen molar-refractivity contribution >= 4 is 12.4 Å². The summed E-state index contributed by atoms with van der Waals surface area (Å²) >= 11 is 0. The van der Waals surface area contributed by atoms with Crippen LogP contribution in [-0.2, 0) is 12.8 Å². The standard InChI is InChI=1S/C15H21N.ClH/c1-16-11-5-4-9-15(16)10-8-13-6-2-3-7-14(13)12-15;/h2-3,6-7H,4-5,8-12H2,1H3;1H. The smallest absolute Gasteiger partial charge is 0.0250 e. The molecule has 1 saturated heterocycles. The number of fused-ring (bicyclic) bond motifs is 1. The lowest BCUT2D eigenvalue weighted by Gasteiger charge is -2.48. The molecule has 1 spiro atoms. The van der Waals surface area contributed by atoms with Crippen LogP contribution >= 0.6 is 12.4 Å². The van der Waals surface area contributed by atoms with Crippen LogP contribution in [-0.4, -0.2) is 24.0 Å². The Hall–Kier alpha value is -0.530. The fourth-order valence-electron chi connectivity index (χ4n) is 3.55. The number of likely N-dealkylation sites (N-methyl/N-ethyl adjacent to an activating group) is 1. The molecule has 1 nitrogen and oxygen atoms in total. The number of nitrogens with zero attached hydrogens (tertiary/aromatic N) is 1. The van der Waals surface area contributed by atoms with Crippen LogP contribution in [0, 0.1) is 0 Å². The number of piperidine rings is 1. The third-order valence-corrected chi connectivity index (χ3v) is 4.69. The van der Waals surface area contributed by atoms with Crippen molar-refractivity contribution in [2.45, 2.75) is 44.1 Å². The van der Waals surface area contributed by atoms with Crippen molar-refractivity contribution in [3.63, 3.8) is 0 Å². The van der Waals surface area contributed by atoms with Crippen LogP contribution in [0.15, 0.2) is 24.3 Å². The molecular formula is C15H22ClN. The Labute approximate surface area is 111 Å². The summed E-state index contributed by atoms with van der Waals surface area (Å²) < 4.78 is 0. The summed E-state index contributed by atoms with van der Waals surface area (Å²) in [5.74, 6) is 0. The Kier molecular flexibility index (Phi) is 3.79. The highest BCUT2D eigenvalue weighted by atomic mass is 35.5. The molecule has 1 aromatic rings. The molecule has 3 rings (SSSR count). The predicted octanol–water partition coefficient (Wildman–Crippen LogP) is 3.45. The van der Waals surface area contributed by atoms with Gasteiger partial charge in [0.05, 0.1) is 0 Å². The number of hydrogen-bond acceptors (Lipinski definition) is 1. The molecule has 0 radical (unpaired) electrons. The van der Waals surface area contributed by atoms with Crippen molar-refractivity contribution in [1.29, 1.82) is 0 Å². The molecule has 0 saturated carbocycles. The highest BCUT2D eigenvalue weighted by Gasteiger charge is 2.38. The van der Waals surface area contributed by atoms with Gasteiger partial charge in [0.15, 0.2) is 0 Å². The van der Waals surface area contributed by atoms with Gasteiger partial charge >= 0.3 is 0 Å². The zero-order valence-corrected chi connectivity index (χ0v) is 11.4. The third kappa shape index (κ3) is 2.23. The number of benzene rings is 1. The Morgan fingerprint density at radius 2 is 1.82 bits per heavy atom. The fraction of sp³-hybridized carbons (Fsp3) is 0.600. The van der Waals surface area contributed by atoms with Gasteiger partial charge in [0.2, 0.25) is 0 Å². The first-order chi connectivity index (χ1) is 7.80. The predicted molar refractivity (Wildman–Crippen MR) is 74.9 cm³/mol. The molecule has 17 heavy (non-hydrogen) atoms. The SMILES string of the molecule is CN1CCCCC12CCc1ccccc1C2.Cl. The van der Waals surface area contributed by atoms with E-state index < -0.39 is 0 Å². The van der Waals surface area contributed by atoms with E-state index >= 15 is 0 Å². The van der Waals surface area contributed by atoms with Gasteiger partial charge in [0.25, 0.3) is 0 Å². The summed E-state index contributed by atoms with van der Waals surface area (Å²) in [5, 5.41) is 0. The molecule has 0 N–H and O–H groups in total. The molecule has 1 unspecified atom stereocenters. The number of hydrogen-bond donors (Lipinski definition) is 0. The zero-order valence-electron chi connectivity index (χ0n) is 10.6. The molecular weight excluding hydrogens is 230 g/mol. The van der Waals surface area contributed by atoms with E-state index in [1.807, 2.05) is 0 Å². The third-order valence-electron chi connectivity index (χ3n) is 4.69. The first-order valence-electron chi connectivity index (χ1n) is 6.58. The second kappa shape index (κ2) is 4.99. The van der Waals surface area contributed by atoms with Crippen LogP contribution < -0.4 is 0 Å². The average Bonchev–Trinajstić information content (AvgIpc) is 2.33. The van der Waals surface area contributed by atoms with E-state index in [1.165, 1.54) is 45.1 Å². The minimum absolute atomic E-state index is 0. The normalized spacial score (nSPS) is 28.5. The highest BCUT2D eigenvalue weighted by Crippen LogP contribution is 2.38. The van der Waals surface area contributed by atoms with Gasteiger partial charge in [-0.25, -0.2) is 0 Å². The summed E-state index contributed by atoms with van der Waals surface area (Å²) in [7, 11) is 2.33. The van der Waals surface area contributed by atoms with Crippen LogP contribution in [0.25, 0.3) is 0 Å². The first-order valence-corrected chi connectivity index (χ1v) is 6.58. The van der Waals surface area contributed by atoms with Crippen molar-refractivity contribution < 1.29 is 0 Å². The van der Waals surface area contributed by atoms with Crippen molar-refractivity contribution in [1.82, 2.24) is 4.90 Å². The molecule has 1 aliphatic carbocycles. The molecule has 0 aromatic heterocycles. The monoisotopic (exact) mass is 251 g/mol. The quantitative estimate of drug-likeness (QED) is 0.683. The Morgan fingerprint density at radius 1 is 1.06 bits per heavy atom. The van der Waals surface area contributed by atoms with Crippen LogP contribution in [0.5, 0.6) is 0 Å². The summed E-state index contributed by atoms with van der Waals surface area (Å²) in [6, 6.07) is 9.02. The van der Waals surface area contributed by atoms with Gasteiger partial charge in [-0.2, -0.15) is 0 Å². The topological polar surface area (TPSA) is 3.24 Å². The highest BCUT2D eigenvalue weighted by molar-refractivity contribution is 5.85. The van der Waals surface area contributed by atoms with Gasteiger partial charge in [-0.3, -0.25) is 0 Å². The number of likely N-dealkylation sites (tertiary alicyclic amines) is 1. The summed E-state index contributed by atoms with van der Waals surface area (Å²) in [6.45, 7) is 1.29. The molecule has 0 bridgehead atoms. The maximum atomic E-state index is 2.63. The zero-order chi connectivity index (χ0) is 11.0. The number of aryl methyl sites for hydroxylation is 1. The Balaban J connectivity index is 0.00000108. The van der Waals surface area contributed by atoms with E-state index in [1.54, 1.807) is 11.1 Å². The van der Waals surface area contributed by atoms with Crippen molar-refractivity contribution in [2.75, 3.05) is 13.6 Å².